The van der Waals surface area contributed by atoms with Gasteiger partial charge in [0.15, 0.2) is 0 Å². The first-order valence-electron chi connectivity index (χ1n) is 14.4. The summed E-state index contributed by atoms with van der Waals surface area (Å²) in [6.45, 7) is 6.97. The minimum atomic E-state index is -0.719. The van der Waals surface area contributed by atoms with E-state index >= 15 is 0 Å². The van der Waals surface area contributed by atoms with E-state index in [0.717, 1.165) is 31.3 Å². The molecule has 2 heterocycles. The maximum absolute atomic E-state index is 14.0. The van der Waals surface area contributed by atoms with Gasteiger partial charge >= 0.3 is 6.16 Å². The van der Waals surface area contributed by atoms with Crippen LogP contribution < -0.4 is 14.8 Å². The number of benzene rings is 1. The van der Waals surface area contributed by atoms with Crippen LogP contribution in [-0.4, -0.2) is 74.1 Å². The Morgan fingerprint density at radius 3 is 2.59 bits per heavy atom. The molecule has 1 N–H and O–H groups in total. The first-order valence-corrected chi connectivity index (χ1v) is 14.4. The Hall–Kier alpha value is -3.07. The number of nitrogens with one attached hydrogen (secondary N) is 1. The number of para-hydroxylation sites is 1. The quantitative estimate of drug-likeness (QED) is 0.300. The molecule has 0 bridgehead atoms. The molecule has 39 heavy (non-hydrogen) atoms. The Morgan fingerprint density at radius 2 is 1.87 bits per heavy atom. The SMILES string of the molecule is COC(=O)OCCCOc1cc(C(=O)N(C(C)C)[C@@H]2CCCNC2)nc2c(OCC3CCCCC3)cccc12. The Bertz CT molecular complexity index is 1100. The van der Waals surface area contributed by atoms with Crippen molar-refractivity contribution < 1.29 is 28.5 Å². The lowest BCUT2D eigenvalue weighted by atomic mass is 9.90. The van der Waals surface area contributed by atoms with Gasteiger partial charge in [0.05, 0.1) is 26.9 Å². The maximum Gasteiger partial charge on any atom is 0.507 e. The van der Waals surface area contributed by atoms with E-state index in [2.05, 4.69) is 10.1 Å². The fourth-order valence-corrected chi connectivity index (χ4v) is 5.58. The highest BCUT2D eigenvalue weighted by Crippen LogP contribution is 2.34. The maximum atomic E-state index is 14.0. The summed E-state index contributed by atoms with van der Waals surface area (Å²) in [5.41, 5.74) is 0.974. The van der Waals surface area contributed by atoms with Crippen molar-refractivity contribution in [1.82, 2.24) is 15.2 Å². The molecule has 9 nitrogen and oxygen atoms in total. The van der Waals surface area contributed by atoms with Crippen LogP contribution in [0.5, 0.6) is 11.5 Å². The van der Waals surface area contributed by atoms with Crippen molar-refractivity contribution in [3.8, 4) is 11.5 Å². The molecule has 1 saturated heterocycles. The third-order valence-electron chi connectivity index (χ3n) is 7.57. The first kappa shape index (κ1) is 28.9. The summed E-state index contributed by atoms with van der Waals surface area (Å²) in [4.78, 5) is 32.0. The fourth-order valence-electron chi connectivity index (χ4n) is 5.58. The molecule has 214 valence electrons. The van der Waals surface area contributed by atoms with E-state index < -0.39 is 6.16 Å². The zero-order chi connectivity index (χ0) is 27.6. The van der Waals surface area contributed by atoms with Gasteiger partial charge in [-0.25, -0.2) is 9.78 Å². The number of methoxy groups -OCH3 is 1. The molecule has 2 aromatic rings. The largest absolute Gasteiger partial charge is 0.507 e. The van der Waals surface area contributed by atoms with Crippen LogP contribution in [0, 0.1) is 5.92 Å². The van der Waals surface area contributed by atoms with Gasteiger partial charge < -0.3 is 29.2 Å². The number of fused-ring (bicyclic) bond motifs is 1. The predicted octanol–water partition coefficient (Wildman–Crippen LogP) is 5.35. The lowest BCUT2D eigenvalue weighted by molar-refractivity contribution is 0.0566. The second-order valence-electron chi connectivity index (χ2n) is 10.8. The Balaban J connectivity index is 1.61. The van der Waals surface area contributed by atoms with Crippen molar-refractivity contribution in [1.29, 1.82) is 0 Å². The van der Waals surface area contributed by atoms with E-state index in [4.69, 9.17) is 19.2 Å². The molecule has 1 amide bonds. The normalized spacial score (nSPS) is 18.1. The average Bonchev–Trinajstić information content (AvgIpc) is 2.96. The summed E-state index contributed by atoms with van der Waals surface area (Å²) in [5, 5.41) is 4.21. The zero-order valence-corrected chi connectivity index (χ0v) is 23.6. The van der Waals surface area contributed by atoms with Gasteiger partial charge in [-0.05, 0) is 64.1 Å². The number of carbonyl (C=O) groups is 2. The van der Waals surface area contributed by atoms with Crippen LogP contribution in [0.4, 0.5) is 4.79 Å². The lowest BCUT2D eigenvalue weighted by Gasteiger charge is -2.37. The molecule has 0 spiro atoms. The molecule has 4 rings (SSSR count). The zero-order valence-electron chi connectivity index (χ0n) is 23.6. The highest BCUT2D eigenvalue weighted by atomic mass is 16.7. The van der Waals surface area contributed by atoms with E-state index in [1.54, 1.807) is 6.07 Å². The summed E-state index contributed by atoms with van der Waals surface area (Å²) in [6.07, 6.45) is 7.92. The van der Waals surface area contributed by atoms with E-state index in [0.29, 0.717) is 48.3 Å². The lowest BCUT2D eigenvalue weighted by Crippen LogP contribution is -2.51. The number of amides is 1. The van der Waals surface area contributed by atoms with Gasteiger partial charge in [-0.2, -0.15) is 0 Å². The fraction of sp³-hybridized carbons (Fsp3) is 0.633. The van der Waals surface area contributed by atoms with Crippen molar-refractivity contribution in [2.75, 3.05) is 40.0 Å². The Labute approximate surface area is 231 Å². The minimum Gasteiger partial charge on any atom is -0.493 e. The number of carbonyl (C=O) groups excluding carboxylic acids is 2. The van der Waals surface area contributed by atoms with Gasteiger partial charge in [0.25, 0.3) is 5.91 Å². The van der Waals surface area contributed by atoms with Crippen LogP contribution in [0.1, 0.15) is 75.7 Å². The van der Waals surface area contributed by atoms with E-state index in [9.17, 15) is 9.59 Å². The highest BCUT2D eigenvalue weighted by molar-refractivity contribution is 5.98. The molecule has 2 aliphatic rings. The number of rotatable bonds is 11. The molecule has 0 radical (unpaired) electrons. The van der Waals surface area contributed by atoms with Gasteiger partial charge in [0.2, 0.25) is 0 Å². The number of piperidine rings is 1. The van der Waals surface area contributed by atoms with Crippen molar-refractivity contribution in [3.05, 3.63) is 30.0 Å². The molecule has 1 aliphatic carbocycles. The van der Waals surface area contributed by atoms with Crippen LogP contribution in [-0.2, 0) is 9.47 Å². The summed E-state index contributed by atoms with van der Waals surface area (Å²) in [7, 11) is 1.28. The first-order chi connectivity index (χ1) is 19.0. The standard InChI is InChI=1S/C30H43N3O6/c1-21(2)33(23-12-8-15-31-19-23)29(34)25-18-27(37-16-9-17-38-30(35)36-3)24-13-7-14-26(28(24)32-25)39-20-22-10-5-4-6-11-22/h7,13-14,18,21-23,31H,4-6,8-12,15-17,19-20H2,1-3H3/t23-/m1/s1. The van der Waals surface area contributed by atoms with Gasteiger partial charge in [-0.3, -0.25) is 4.79 Å². The van der Waals surface area contributed by atoms with E-state index in [-0.39, 0.29) is 24.6 Å². The van der Waals surface area contributed by atoms with Crippen LogP contribution in [0.15, 0.2) is 24.3 Å². The molecule has 9 heteroatoms. The van der Waals surface area contributed by atoms with Crippen molar-refractivity contribution >= 4 is 23.0 Å². The molecule has 1 aromatic carbocycles. The van der Waals surface area contributed by atoms with Gasteiger partial charge in [0.1, 0.15) is 22.7 Å². The number of aromatic nitrogens is 1. The third-order valence-corrected chi connectivity index (χ3v) is 7.57. The molecule has 1 aliphatic heterocycles. The minimum absolute atomic E-state index is 0.0255. The van der Waals surface area contributed by atoms with Gasteiger partial charge in [-0.1, -0.05) is 25.3 Å². The molecule has 0 unspecified atom stereocenters. The highest BCUT2D eigenvalue weighted by Gasteiger charge is 2.30. The molecule has 1 atom stereocenters. The predicted molar refractivity (Wildman–Crippen MR) is 149 cm³/mol. The second kappa shape index (κ2) is 14.4. The average molecular weight is 542 g/mol. The Morgan fingerprint density at radius 1 is 1.05 bits per heavy atom. The number of hydrogen-bond donors (Lipinski definition) is 1. The van der Waals surface area contributed by atoms with Crippen LogP contribution in [0.2, 0.25) is 0 Å². The molecule has 1 aromatic heterocycles. The summed E-state index contributed by atoms with van der Waals surface area (Å²) >= 11 is 0. The van der Waals surface area contributed by atoms with Gasteiger partial charge in [-0.15, -0.1) is 0 Å². The van der Waals surface area contributed by atoms with E-state index in [1.807, 2.05) is 36.9 Å². The van der Waals surface area contributed by atoms with Crippen molar-refractivity contribution in [2.45, 2.75) is 77.3 Å². The number of ether oxygens (including phenoxy) is 4. The summed E-state index contributed by atoms with van der Waals surface area (Å²) in [5.74, 6) is 1.66. The smallest absolute Gasteiger partial charge is 0.493 e. The van der Waals surface area contributed by atoms with Crippen molar-refractivity contribution in [3.63, 3.8) is 0 Å². The monoisotopic (exact) mass is 541 g/mol. The molecule has 1 saturated carbocycles. The number of pyridine rings is 1. The second-order valence-corrected chi connectivity index (χ2v) is 10.8. The third kappa shape index (κ3) is 7.75. The number of nitrogens with zero attached hydrogens (tertiary/aromatic N) is 2. The molecular weight excluding hydrogens is 498 g/mol. The molecule has 2 fully saturated rings. The van der Waals surface area contributed by atoms with Crippen LogP contribution in [0.25, 0.3) is 10.9 Å². The topological polar surface area (TPSA) is 99.2 Å². The van der Waals surface area contributed by atoms with Crippen molar-refractivity contribution in [2.24, 2.45) is 5.92 Å². The number of hydrogen-bond acceptors (Lipinski definition) is 8. The van der Waals surface area contributed by atoms with Gasteiger partial charge in [0, 0.05) is 36.5 Å². The van der Waals surface area contributed by atoms with E-state index in [1.165, 1.54) is 39.2 Å². The van der Waals surface area contributed by atoms with Crippen LogP contribution in [0.3, 0.4) is 0 Å². The summed E-state index contributed by atoms with van der Waals surface area (Å²) in [6, 6.07) is 7.67. The van der Waals surface area contributed by atoms with Crippen LogP contribution >= 0.6 is 0 Å². The molecular formula is C30H43N3O6. The summed E-state index contributed by atoms with van der Waals surface area (Å²) < 4.78 is 22.0. The Kier molecular flexibility index (Phi) is 10.6.